The molecule has 3 heterocycles. The molecule has 1 aromatic heterocycles. The molecular formula is C61H47N4OP. The van der Waals surface area contributed by atoms with Crippen molar-refractivity contribution in [1.82, 2.24) is 4.57 Å². The summed E-state index contributed by atoms with van der Waals surface area (Å²) in [5, 5.41) is 5.41. The van der Waals surface area contributed by atoms with Crippen LogP contribution in [0.4, 0.5) is 11.4 Å². The monoisotopic (exact) mass is 882 g/mol. The first-order valence-corrected chi connectivity index (χ1v) is 25.7. The van der Waals surface area contributed by atoms with Crippen LogP contribution in [0.1, 0.15) is 45.7 Å². The Balaban J connectivity index is 0.913. The van der Waals surface area contributed by atoms with Crippen molar-refractivity contribution >= 4 is 57.4 Å². The molecule has 2 aliphatic heterocycles. The zero-order chi connectivity index (χ0) is 44.7. The van der Waals surface area contributed by atoms with Gasteiger partial charge in [0.2, 0.25) is 0 Å². The average molecular weight is 883 g/mol. The quantitative estimate of drug-likeness (QED) is 0.122. The molecule has 9 aromatic carbocycles. The zero-order valence-corrected chi connectivity index (χ0v) is 38.1. The van der Waals surface area contributed by atoms with Crippen LogP contribution in [0.15, 0.2) is 241 Å². The predicted octanol–water partition coefficient (Wildman–Crippen LogP) is 14.1. The van der Waals surface area contributed by atoms with Gasteiger partial charge in [0.05, 0.1) is 16.7 Å². The number of para-hydroxylation sites is 5. The van der Waals surface area contributed by atoms with Gasteiger partial charge in [-0.15, -0.1) is 0 Å². The number of anilines is 2. The zero-order valence-electron chi connectivity index (χ0n) is 37.1. The number of allylic oxidation sites excluding steroid dienone is 2. The van der Waals surface area contributed by atoms with E-state index in [1.807, 2.05) is 72.4 Å². The van der Waals surface area contributed by atoms with E-state index in [2.05, 4.69) is 174 Å². The molecule has 6 heteroatoms. The van der Waals surface area contributed by atoms with Gasteiger partial charge in [-0.2, -0.15) is 0 Å². The molecule has 0 fully saturated rings. The van der Waals surface area contributed by atoms with E-state index < -0.39 is 13.1 Å². The van der Waals surface area contributed by atoms with Gasteiger partial charge in [0.25, 0.3) is 0 Å². The fourth-order valence-corrected chi connectivity index (χ4v) is 12.9. The Bertz CT molecular complexity index is 3560. The molecule has 0 saturated heterocycles. The van der Waals surface area contributed by atoms with Gasteiger partial charge in [-0.1, -0.05) is 109 Å². The van der Waals surface area contributed by atoms with E-state index in [1.54, 1.807) is 0 Å². The molecule has 2 unspecified atom stereocenters. The van der Waals surface area contributed by atoms with Crippen molar-refractivity contribution in [3.63, 3.8) is 0 Å². The van der Waals surface area contributed by atoms with Gasteiger partial charge in [-0.3, -0.25) is 0 Å². The van der Waals surface area contributed by atoms with Crippen molar-refractivity contribution in [3.8, 4) is 16.8 Å². The normalized spacial score (nSPS) is 17.3. The Kier molecular flexibility index (Phi) is 9.16. The molecule has 67 heavy (non-hydrogen) atoms. The molecule has 0 bridgehead atoms. The van der Waals surface area contributed by atoms with Crippen LogP contribution in [0.3, 0.4) is 0 Å². The maximum atomic E-state index is 7.12. The Labute approximate surface area is 391 Å². The fraction of sp³-hybridized carbons (Fsp3) is 0.0656. The second-order valence-corrected chi connectivity index (χ2v) is 21.1. The molecule has 3 aliphatic rings. The molecule has 10 aromatic rings. The van der Waals surface area contributed by atoms with E-state index >= 15 is 0 Å². The molecule has 1 aliphatic carbocycles. The van der Waals surface area contributed by atoms with Gasteiger partial charge in [0.15, 0.2) is 0 Å². The summed E-state index contributed by atoms with van der Waals surface area (Å²) in [6.45, 7) is 2.04. The number of nitrogens with zero attached hydrogens (tertiary/aromatic N) is 3. The first kappa shape index (κ1) is 39.7. The summed E-state index contributed by atoms with van der Waals surface area (Å²) in [5.41, 5.74) is 25.4. The fourth-order valence-electron chi connectivity index (χ4n) is 11.3. The number of rotatable bonds is 8. The molecule has 0 amide bonds. The summed E-state index contributed by atoms with van der Waals surface area (Å²) in [6, 6.07) is 82.9. The van der Waals surface area contributed by atoms with E-state index in [9.17, 15) is 0 Å². The van der Waals surface area contributed by atoms with E-state index in [0.717, 1.165) is 51.2 Å². The molecule has 13 rings (SSSR count). The van der Waals surface area contributed by atoms with Crippen LogP contribution in [-0.4, -0.2) is 16.9 Å². The van der Waals surface area contributed by atoms with Crippen molar-refractivity contribution in [1.29, 1.82) is 0 Å². The number of aromatic nitrogens is 1. The third-order valence-electron chi connectivity index (χ3n) is 14.3. The third-order valence-corrected chi connectivity index (χ3v) is 16.4. The number of hydrogen-bond acceptors (Lipinski definition) is 4. The molecule has 322 valence electrons. The Morgan fingerprint density at radius 3 is 1.82 bits per heavy atom. The molecule has 2 atom stereocenters. The Morgan fingerprint density at radius 1 is 0.552 bits per heavy atom. The van der Waals surface area contributed by atoms with Crippen molar-refractivity contribution in [3.05, 3.63) is 270 Å². The summed E-state index contributed by atoms with van der Waals surface area (Å²) in [5.74, 6) is 0.104. The van der Waals surface area contributed by atoms with Gasteiger partial charge in [0.1, 0.15) is 0 Å². The SMILES string of the molecule is C[PH](N)(ON(c1ccccc1)c1ccccc1)c1ccc(-c2ccc(C3=NC4=C(c5ccccc5C45c4ccccc4-n4c6ccccc6c6cccc5c64)C(c4ccccc4)C3)cc2)cc1. The van der Waals surface area contributed by atoms with Gasteiger partial charge in [0, 0.05) is 10.8 Å². The topological polar surface area (TPSA) is 55.8 Å². The Hall–Kier alpha value is -7.66. The van der Waals surface area contributed by atoms with Crippen molar-refractivity contribution in [2.45, 2.75) is 17.8 Å². The van der Waals surface area contributed by atoms with Crippen LogP contribution in [0.25, 0.3) is 44.2 Å². The van der Waals surface area contributed by atoms with Crippen LogP contribution < -0.4 is 15.9 Å². The van der Waals surface area contributed by atoms with Crippen LogP contribution in [0.2, 0.25) is 0 Å². The van der Waals surface area contributed by atoms with Gasteiger partial charge in [-0.05, 0) is 34.4 Å². The summed E-state index contributed by atoms with van der Waals surface area (Å²) < 4.78 is 9.26. The molecule has 0 saturated carbocycles. The predicted molar refractivity (Wildman–Crippen MR) is 280 cm³/mol. The van der Waals surface area contributed by atoms with Gasteiger partial charge in [-0.25, -0.2) is 0 Å². The van der Waals surface area contributed by atoms with Crippen LogP contribution >= 0.6 is 7.64 Å². The molecular weight excluding hydrogens is 836 g/mol. The molecule has 5 nitrogen and oxygen atoms in total. The van der Waals surface area contributed by atoms with Crippen LogP contribution in [0.5, 0.6) is 0 Å². The van der Waals surface area contributed by atoms with E-state index in [1.165, 1.54) is 60.9 Å². The minimum absolute atomic E-state index is 0.104. The number of nitrogens with two attached hydrogens (primary N) is 1. The van der Waals surface area contributed by atoms with Crippen molar-refractivity contribution < 1.29 is 4.62 Å². The second-order valence-electron chi connectivity index (χ2n) is 18.2. The van der Waals surface area contributed by atoms with Crippen LogP contribution in [0, 0.1) is 0 Å². The van der Waals surface area contributed by atoms with Crippen LogP contribution in [-0.2, 0) is 10.0 Å². The Morgan fingerprint density at radius 2 is 1.10 bits per heavy atom. The van der Waals surface area contributed by atoms with Crippen molar-refractivity contribution in [2.24, 2.45) is 10.5 Å². The molecule has 0 radical (unpaired) electrons. The number of hydrogen-bond donors (Lipinski definition) is 1. The summed E-state index contributed by atoms with van der Waals surface area (Å²) >= 11 is 0. The summed E-state index contributed by atoms with van der Waals surface area (Å²) in [4.78, 5) is 5.96. The first-order chi connectivity index (χ1) is 33.0. The maximum absolute atomic E-state index is 7.12. The number of fused-ring (bicyclic) bond motifs is 11. The summed E-state index contributed by atoms with van der Waals surface area (Å²) in [6.07, 6.45) is 0.788. The van der Waals surface area contributed by atoms with E-state index in [4.69, 9.17) is 15.1 Å². The average Bonchev–Trinajstić information content (AvgIpc) is 3.89. The van der Waals surface area contributed by atoms with Crippen molar-refractivity contribution in [2.75, 3.05) is 11.7 Å². The van der Waals surface area contributed by atoms with Gasteiger partial charge >= 0.3 is 217 Å². The summed E-state index contributed by atoms with van der Waals surface area (Å²) in [7, 11) is -2.91. The second kappa shape index (κ2) is 15.5. The standard InChI is InChI=1S/C61H47N4OP/c1-67(62,66-65(45-20-7-3-8-21-45)46-22-9-4-10-23-46)47-38-36-42(37-39-47)41-32-34-44(35-33-41)55-40-51(43-18-5-2-6-19-43)58-50-25-11-13-27-52(50)61(60(58)63-55)53-28-14-16-31-57(53)64-56-30-15-12-24-48(56)49-26-17-29-54(61)59(49)64/h2-39,51,67H,40,62H2,1H3. The van der Waals surface area contributed by atoms with E-state index in [-0.39, 0.29) is 5.92 Å². The molecule has 1 spiro atoms. The number of aliphatic imine (C=N–C) groups is 1. The van der Waals surface area contributed by atoms with Gasteiger partial charge < -0.3 is 4.57 Å². The van der Waals surface area contributed by atoms with E-state index in [0.29, 0.717) is 0 Å². The molecule has 2 N–H and O–H groups in total. The first-order valence-electron chi connectivity index (χ1n) is 23.2. The third kappa shape index (κ3) is 6.09. The minimum atomic E-state index is -2.91. The number of benzene rings is 9.